The van der Waals surface area contributed by atoms with Crippen molar-refractivity contribution >= 4 is 0 Å². The predicted molar refractivity (Wildman–Crippen MR) is 55.3 cm³/mol. The first-order valence-electron chi connectivity index (χ1n) is 5.73. The lowest BCUT2D eigenvalue weighted by Gasteiger charge is -2.34. The minimum absolute atomic E-state index is 0.672. The Morgan fingerprint density at radius 2 is 1.75 bits per heavy atom. The van der Waals surface area contributed by atoms with Crippen LogP contribution in [0.15, 0.2) is 0 Å². The standard InChI is InChI=1S/C12H24/c1-4-10-12(3,5-2)11-8-6-7-9-11/h11H,4-10H2,1-3H3. The summed E-state index contributed by atoms with van der Waals surface area (Å²) in [5.41, 5.74) is 0.672. The average molecular weight is 168 g/mol. The van der Waals surface area contributed by atoms with Crippen molar-refractivity contribution in [3.63, 3.8) is 0 Å². The van der Waals surface area contributed by atoms with Crippen LogP contribution in [-0.2, 0) is 0 Å². The molecular weight excluding hydrogens is 144 g/mol. The maximum Gasteiger partial charge on any atom is -0.0300 e. The summed E-state index contributed by atoms with van der Waals surface area (Å²) in [6.07, 6.45) is 10.2. The summed E-state index contributed by atoms with van der Waals surface area (Å²) in [5, 5.41) is 0. The minimum atomic E-state index is 0.672. The van der Waals surface area contributed by atoms with Gasteiger partial charge in [0.05, 0.1) is 0 Å². The smallest absolute Gasteiger partial charge is 0.0300 e. The van der Waals surface area contributed by atoms with Crippen LogP contribution in [0, 0.1) is 11.3 Å². The molecule has 0 heterocycles. The fourth-order valence-corrected chi connectivity index (χ4v) is 2.86. The van der Waals surface area contributed by atoms with Crippen molar-refractivity contribution < 1.29 is 0 Å². The molecule has 1 aliphatic carbocycles. The highest BCUT2D eigenvalue weighted by atomic mass is 14.4. The Labute approximate surface area is 77.7 Å². The lowest BCUT2D eigenvalue weighted by molar-refractivity contribution is 0.162. The second-order valence-corrected chi connectivity index (χ2v) is 4.74. The number of rotatable bonds is 4. The number of hydrogen-bond donors (Lipinski definition) is 0. The molecule has 0 saturated heterocycles. The first-order valence-corrected chi connectivity index (χ1v) is 5.73. The van der Waals surface area contributed by atoms with E-state index in [2.05, 4.69) is 20.8 Å². The zero-order valence-electron chi connectivity index (χ0n) is 9.03. The molecule has 0 aromatic rings. The molecule has 1 atom stereocenters. The van der Waals surface area contributed by atoms with Gasteiger partial charge in [0.1, 0.15) is 0 Å². The van der Waals surface area contributed by atoms with E-state index in [1.54, 1.807) is 0 Å². The molecular formula is C12H24. The van der Waals surface area contributed by atoms with Crippen molar-refractivity contribution in [3.8, 4) is 0 Å². The van der Waals surface area contributed by atoms with Gasteiger partial charge in [0.2, 0.25) is 0 Å². The summed E-state index contributed by atoms with van der Waals surface area (Å²) >= 11 is 0. The van der Waals surface area contributed by atoms with Gasteiger partial charge in [-0.3, -0.25) is 0 Å². The van der Waals surface area contributed by atoms with E-state index in [-0.39, 0.29) is 0 Å². The van der Waals surface area contributed by atoms with Crippen LogP contribution < -0.4 is 0 Å². The van der Waals surface area contributed by atoms with Gasteiger partial charge >= 0.3 is 0 Å². The van der Waals surface area contributed by atoms with Gasteiger partial charge in [-0.15, -0.1) is 0 Å². The van der Waals surface area contributed by atoms with Crippen LogP contribution in [0.5, 0.6) is 0 Å². The normalized spacial score (nSPS) is 24.2. The summed E-state index contributed by atoms with van der Waals surface area (Å²) < 4.78 is 0. The molecule has 0 aliphatic heterocycles. The number of hydrogen-bond acceptors (Lipinski definition) is 0. The van der Waals surface area contributed by atoms with Gasteiger partial charge in [0.25, 0.3) is 0 Å². The third kappa shape index (κ3) is 2.02. The summed E-state index contributed by atoms with van der Waals surface area (Å²) in [4.78, 5) is 0. The first-order chi connectivity index (χ1) is 5.73. The largest absolute Gasteiger partial charge is 0.0654 e. The fourth-order valence-electron chi connectivity index (χ4n) is 2.86. The fraction of sp³-hybridized carbons (Fsp3) is 1.00. The van der Waals surface area contributed by atoms with Gasteiger partial charge in [-0.1, -0.05) is 46.5 Å². The van der Waals surface area contributed by atoms with Crippen LogP contribution in [0.25, 0.3) is 0 Å². The maximum atomic E-state index is 2.51. The van der Waals surface area contributed by atoms with Crippen LogP contribution in [0.4, 0.5) is 0 Å². The molecule has 0 aromatic carbocycles. The zero-order valence-corrected chi connectivity index (χ0v) is 9.03. The average Bonchev–Trinajstić information content (AvgIpc) is 2.57. The first kappa shape index (κ1) is 10.1. The van der Waals surface area contributed by atoms with Crippen molar-refractivity contribution in [2.45, 2.75) is 65.7 Å². The third-order valence-electron chi connectivity index (χ3n) is 3.97. The van der Waals surface area contributed by atoms with Gasteiger partial charge in [-0.2, -0.15) is 0 Å². The van der Waals surface area contributed by atoms with Crippen LogP contribution in [-0.4, -0.2) is 0 Å². The highest BCUT2D eigenvalue weighted by Crippen LogP contribution is 2.44. The van der Waals surface area contributed by atoms with Crippen LogP contribution in [0.2, 0.25) is 0 Å². The molecule has 0 nitrogen and oxygen atoms in total. The van der Waals surface area contributed by atoms with Crippen molar-refractivity contribution in [3.05, 3.63) is 0 Å². The monoisotopic (exact) mass is 168 g/mol. The molecule has 1 fully saturated rings. The Bertz CT molecular complexity index is 122. The Morgan fingerprint density at radius 1 is 1.17 bits per heavy atom. The highest BCUT2D eigenvalue weighted by Gasteiger charge is 2.33. The summed E-state index contributed by atoms with van der Waals surface area (Å²) in [5.74, 6) is 1.04. The van der Waals surface area contributed by atoms with E-state index in [0.29, 0.717) is 5.41 Å². The van der Waals surface area contributed by atoms with E-state index in [9.17, 15) is 0 Å². The van der Waals surface area contributed by atoms with Crippen LogP contribution in [0.1, 0.15) is 65.7 Å². The van der Waals surface area contributed by atoms with Gasteiger partial charge < -0.3 is 0 Å². The lowest BCUT2D eigenvalue weighted by Crippen LogP contribution is -2.24. The SMILES string of the molecule is CCCC(C)(CC)C1CCCC1. The molecule has 1 unspecified atom stereocenters. The molecule has 0 radical (unpaired) electrons. The maximum absolute atomic E-state index is 2.51. The Morgan fingerprint density at radius 3 is 2.17 bits per heavy atom. The van der Waals surface area contributed by atoms with Crippen molar-refractivity contribution in [2.24, 2.45) is 11.3 Å². The zero-order chi connectivity index (χ0) is 9.03. The second kappa shape index (κ2) is 4.30. The van der Waals surface area contributed by atoms with E-state index in [0.717, 1.165) is 5.92 Å². The summed E-state index contributed by atoms with van der Waals surface area (Å²) in [7, 11) is 0. The Kier molecular flexibility index (Phi) is 3.61. The molecule has 0 aromatic heterocycles. The van der Waals surface area contributed by atoms with Gasteiger partial charge in [-0.25, -0.2) is 0 Å². The Hall–Kier alpha value is 0. The molecule has 12 heavy (non-hydrogen) atoms. The molecule has 0 spiro atoms. The molecule has 0 heteroatoms. The molecule has 1 rings (SSSR count). The minimum Gasteiger partial charge on any atom is -0.0654 e. The van der Waals surface area contributed by atoms with Crippen LogP contribution in [0.3, 0.4) is 0 Å². The molecule has 0 N–H and O–H groups in total. The highest BCUT2D eigenvalue weighted by molar-refractivity contribution is 4.84. The second-order valence-electron chi connectivity index (χ2n) is 4.74. The van der Waals surface area contributed by atoms with E-state index in [1.807, 2.05) is 0 Å². The third-order valence-corrected chi connectivity index (χ3v) is 3.97. The molecule has 1 saturated carbocycles. The van der Waals surface area contributed by atoms with Crippen molar-refractivity contribution in [1.82, 2.24) is 0 Å². The van der Waals surface area contributed by atoms with Crippen LogP contribution >= 0.6 is 0 Å². The molecule has 0 amide bonds. The van der Waals surface area contributed by atoms with Crippen molar-refractivity contribution in [1.29, 1.82) is 0 Å². The van der Waals surface area contributed by atoms with E-state index in [4.69, 9.17) is 0 Å². The quantitative estimate of drug-likeness (QED) is 0.584. The molecule has 0 bridgehead atoms. The van der Waals surface area contributed by atoms with E-state index >= 15 is 0 Å². The predicted octanol–water partition coefficient (Wildman–Crippen LogP) is 4.39. The van der Waals surface area contributed by atoms with Gasteiger partial charge in [0.15, 0.2) is 0 Å². The topological polar surface area (TPSA) is 0 Å². The molecule has 1 aliphatic rings. The van der Waals surface area contributed by atoms with Crippen molar-refractivity contribution in [2.75, 3.05) is 0 Å². The van der Waals surface area contributed by atoms with Gasteiger partial charge in [-0.05, 0) is 30.6 Å². The van der Waals surface area contributed by atoms with Gasteiger partial charge in [0, 0.05) is 0 Å². The summed E-state index contributed by atoms with van der Waals surface area (Å²) in [6, 6.07) is 0. The molecule has 72 valence electrons. The van der Waals surface area contributed by atoms with E-state index < -0.39 is 0 Å². The van der Waals surface area contributed by atoms with E-state index in [1.165, 1.54) is 44.9 Å². The summed E-state index contributed by atoms with van der Waals surface area (Å²) in [6.45, 7) is 7.20. The Balaban J connectivity index is 2.51. The lowest BCUT2D eigenvalue weighted by atomic mass is 9.71.